The lowest BCUT2D eigenvalue weighted by Crippen LogP contribution is -2.36. The smallest absolute Gasteiger partial charge is 0.351 e. The number of nitrogens with zero attached hydrogens (tertiary/aromatic N) is 1. The second-order valence-corrected chi connectivity index (χ2v) is 5.33. The van der Waals surface area contributed by atoms with E-state index < -0.39 is 11.7 Å². The Morgan fingerprint density at radius 1 is 1.27 bits per heavy atom. The molecule has 1 N–H and O–H groups in total. The lowest BCUT2D eigenvalue weighted by molar-refractivity contribution is -0.137. The summed E-state index contributed by atoms with van der Waals surface area (Å²) in [7, 11) is 0. The number of carbonyl (C=O) groups excluding carboxylic acids is 1. The van der Waals surface area contributed by atoms with Gasteiger partial charge in [0.2, 0.25) is 5.91 Å². The minimum absolute atomic E-state index is 0.117. The van der Waals surface area contributed by atoms with Gasteiger partial charge in [-0.15, -0.1) is 0 Å². The number of hydrogen-bond donors (Lipinski definition) is 1. The van der Waals surface area contributed by atoms with Crippen LogP contribution >= 0.6 is 0 Å². The molecule has 0 aromatic heterocycles. The number of hydrogen-bond acceptors (Lipinski definition) is 2. The molecule has 0 aliphatic carbocycles. The maximum atomic E-state index is 12.6. The van der Waals surface area contributed by atoms with E-state index in [0.29, 0.717) is 6.54 Å². The number of halogens is 3. The molecule has 1 heterocycles. The van der Waals surface area contributed by atoms with Gasteiger partial charge in [-0.2, -0.15) is 13.2 Å². The fraction of sp³-hybridized carbons (Fsp3) is 0.438. The van der Waals surface area contributed by atoms with Gasteiger partial charge in [0.25, 0.3) is 0 Å². The van der Waals surface area contributed by atoms with Crippen LogP contribution < -0.4 is 5.32 Å². The molecule has 22 heavy (non-hydrogen) atoms. The van der Waals surface area contributed by atoms with E-state index in [4.69, 9.17) is 0 Å². The molecule has 3 nitrogen and oxygen atoms in total. The van der Waals surface area contributed by atoms with E-state index in [1.165, 1.54) is 18.2 Å². The highest BCUT2D eigenvalue weighted by Gasteiger charge is 2.31. The number of likely N-dealkylation sites (tertiary alicyclic amines) is 1. The maximum absolute atomic E-state index is 12.6. The van der Waals surface area contributed by atoms with Crippen molar-refractivity contribution in [2.45, 2.75) is 25.1 Å². The molecule has 0 radical (unpaired) electrons. The van der Waals surface area contributed by atoms with Gasteiger partial charge in [-0.05, 0) is 49.7 Å². The van der Waals surface area contributed by atoms with Crippen LogP contribution in [0.4, 0.5) is 13.2 Å². The number of amides is 1. The van der Waals surface area contributed by atoms with Gasteiger partial charge in [-0.1, -0.05) is 18.7 Å². The van der Waals surface area contributed by atoms with Crippen LogP contribution in [0.3, 0.4) is 0 Å². The highest BCUT2D eigenvalue weighted by atomic mass is 19.4. The summed E-state index contributed by atoms with van der Waals surface area (Å²) in [5, 5.41) is 2.73. The van der Waals surface area contributed by atoms with Gasteiger partial charge in [0.05, 0.1) is 11.6 Å². The van der Waals surface area contributed by atoms with E-state index in [-0.39, 0.29) is 11.9 Å². The first-order valence-electron chi connectivity index (χ1n) is 7.23. The Kier molecular flexibility index (Phi) is 5.24. The Labute approximate surface area is 127 Å². The molecule has 6 heteroatoms. The number of carbonyl (C=O) groups is 1. The zero-order valence-corrected chi connectivity index (χ0v) is 12.2. The van der Waals surface area contributed by atoms with E-state index in [2.05, 4.69) is 16.8 Å². The number of alkyl halides is 3. The molecule has 1 atom stereocenters. The van der Waals surface area contributed by atoms with Crippen molar-refractivity contribution in [2.75, 3.05) is 19.6 Å². The first kappa shape index (κ1) is 16.5. The predicted octanol–water partition coefficient (Wildman–Crippen LogP) is 3.14. The summed E-state index contributed by atoms with van der Waals surface area (Å²) in [6.07, 6.45) is -1.02. The van der Waals surface area contributed by atoms with Crippen molar-refractivity contribution in [1.29, 1.82) is 0 Å². The Bertz CT molecular complexity index is 519. The van der Waals surface area contributed by atoms with E-state index in [0.717, 1.165) is 43.6 Å². The maximum Gasteiger partial charge on any atom is 0.416 e. The van der Waals surface area contributed by atoms with Gasteiger partial charge in [0.1, 0.15) is 0 Å². The first-order chi connectivity index (χ1) is 10.4. The summed E-state index contributed by atoms with van der Waals surface area (Å²) in [5.41, 5.74) is 0.116. The summed E-state index contributed by atoms with van der Waals surface area (Å²) in [6, 6.07) is 5.05. The van der Waals surface area contributed by atoms with Crippen molar-refractivity contribution < 1.29 is 18.0 Å². The van der Waals surface area contributed by atoms with Crippen LogP contribution in [0.15, 0.2) is 36.9 Å². The Morgan fingerprint density at radius 2 is 1.86 bits per heavy atom. The zero-order valence-electron chi connectivity index (χ0n) is 12.2. The lowest BCUT2D eigenvalue weighted by atomic mass is 10.0. The minimum atomic E-state index is -4.33. The van der Waals surface area contributed by atoms with Crippen LogP contribution in [0.1, 0.15) is 30.0 Å². The SMILES string of the molecule is C=CC(=O)NCC(c1ccc(C(F)(F)F)cc1)N1CCCC1. The lowest BCUT2D eigenvalue weighted by Gasteiger charge is -2.28. The van der Waals surface area contributed by atoms with Crippen LogP contribution in [0.2, 0.25) is 0 Å². The molecule has 1 aliphatic rings. The predicted molar refractivity (Wildman–Crippen MR) is 78.2 cm³/mol. The number of benzene rings is 1. The molecule has 1 fully saturated rings. The third kappa shape index (κ3) is 4.10. The van der Waals surface area contributed by atoms with Crippen LogP contribution in [0.5, 0.6) is 0 Å². The second-order valence-electron chi connectivity index (χ2n) is 5.33. The summed E-state index contributed by atoms with van der Waals surface area (Å²) in [6.45, 7) is 5.52. The molecule has 1 unspecified atom stereocenters. The third-order valence-electron chi connectivity index (χ3n) is 3.86. The Hall–Kier alpha value is -1.82. The van der Waals surface area contributed by atoms with Gasteiger partial charge in [-0.25, -0.2) is 0 Å². The number of rotatable bonds is 5. The molecular weight excluding hydrogens is 293 g/mol. The molecule has 1 saturated heterocycles. The van der Waals surface area contributed by atoms with E-state index in [1.807, 2.05) is 0 Å². The quantitative estimate of drug-likeness (QED) is 0.847. The molecule has 0 spiro atoms. The van der Waals surface area contributed by atoms with Crippen LogP contribution in [0, 0.1) is 0 Å². The van der Waals surface area contributed by atoms with Crippen LogP contribution in [-0.4, -0.2) is 30.4 Å². The van der Waals surface area contributed by atoms with Crippen molar-refractivity contribution >= 4 is 5.91 Å². The monoisotopic (exact) mass is 312 g/mol. The van der Waals surface area contributed by atoms with Gasteiger partial charge < -0.3 is 5.32 Å². The van der Waals surface area contributed by atoms with Gasteiger partial charge in [-0.3, -0.25) is 9.69 Å². The standard InChI is InChI=1S/C16H19F3N2O/c1-2-15(22)20-11-14(21-9-3-4-10-21)12-5-7-13(8-6-12)16(17,18)19/h2,5-8,14H,1,3-4,9-11H2,(H,20,22). The topological polar surface area (TPSA) is 32.3 Å². The first-order valence-corrected chi connectivity index (χ1v) is 7.23. The molecule has 1 amide bonds. The highest BCUT2D eigenvalue weighted by Crippen LogP contribution is 2.31. The van der Waals surface area contributed by atoms with Crippen molar-refractivity contribution in [2.24, 2.45) is 0 Å². The number of nitrogens with one attached hydrogen (secondary N) is 1. The fourth-order valence-electron chi connectivity index (χ4n) is 2.67. The van der Waals surface area contributed by atoms with E-state index in [1.54, 1.807) is 0 Å². The average molecular weight is 312 g/mol. The summed E-state index contributed by atoms with van der Waals surface area (Å²) in [5.74, 6) is -0.281. The Balaban J connectivity index is 2.16. The summed E-state index contributed by atoms with van der Waals surface area (Å²) in [4.78, 5) is 13.5. The fourth-order valence-corrected chi connectivity index (χ4v) is 2.67. The van der Waals surface area contributed by atoms with Crippen molar-refractivity contribution in [3.8, 4) is 0 Å². The largest absolute Gasteiger partial charge is 0.416 e. The average Bonchev–Trinajstić information content (AvgIpc) is 3.01. The molecule has 1 aliphatic heterocycles. The summed E-state index contributed by atoms with van der Waals surface area (Å²) >= 11 is 0. The Morgan fingerprint density at radius 3 is 2.36 bits per heavy atom. The molecule has 1 aromatic rings. The normalized spacial score (nSPS) is 17.2. The van der Waals surface area contributed by atoms with E-state index >= 15 is 0 Å². The van der Waals surface area contributed by atoms with E-state index in [9.17, 15) is 18.0 Å². The molecule has 0 saturated carbocycles. The zero-order chi connectivity index (χ0) is 16.2. The molecule has 0 bridgehead atoms. The van der Waals surface area contributed by atoms with Crippen molar-refractivity contribution in [3.05, 3.63) is 48.0 Å². The molecule has 1 aromatic carbocycles. The van der Waals surface area contributed by atoms with Gasteiger partial charge in [0, 0.05) is 6.54 Å². The third-order valence-corrected chi connectivity index (χ3v) is 3.86. The second kappa shape index (κ2) is 6.96. The minimum Gasteiger partial charge on any atom is -0.351 e. The molecule has 120 valence electrons. The highest BCUT2D eigenvalue weighted by molar-refractivity contribution is 5.86. The van der Waals surface area contributed by atoms with Crippen molar-refractivity contribution in [1.82, 2.24) is 10.2 Å². The van der Waals surface area contributed by atoms with Gasteiger partial charge >= 0.3 is 6.18 Å². The van der Waals surface area contributed by atoms with Crippen LogP contribution in [-0.2, 0) is 11.0 Å². The summed E-state index contributed by atoms with van der Waals surface area (Å²) < 4.78 is 37.9. The molecule has 2 rings (SSSR count). The van der Waals surface area contributed by atoms with Crippen LogP contribution in [0.25, 0.3) is 0 Å². The van der Waals surface area contributed by atoms with Gasteiger partial charge in [0.15, 0.2) is 0 Å². The molecular formula is C16H19F3N2O. The van der Waals surface area contributed by atoms with Crippen molar-refractivity contribution in [3.63, 3.8) is 0 Å².